The third-order valence-electron chi connectivity index (χ3n) is 5.94. The molecule has 0 aromatic heterocycles. The summed E-state index contributed by atoms with van der Waals surface area (Å²) in [5, 5.41) is 2.89. The molecule has 3 aliphatic rings. The molecule has 6 nitrogen and oxygen atoms in total. The summed E-state index contributed by atoms with van der Waals surface area (Å²) in [7, 11) is 0. The van der Waals surface area contributed by atoms with Gasteiger partial charge in [-0.05, 0) is 34.9 Å². The number of ether oxygens (including phenoxy) is 1. The molecule has 6 heteroatoms. The smallest absolute Gasteiger partial charge is 0.253 e. The second-order valence-corrected chi connectivity index (χ2v) is 7.59. The van der Waals surface area contributed by atoms with E-state index in [0.717, 1.165) is 43.0 Å². The minimum atomic E-state index is -0.225. The lowest BCUT2D eigenvalue weighted by Crippen LogP contribution is -2.64. The number of hydrogen-bond acceptors (Lipinski definition) is 4. The van der Waals surface area contributed by atoms with E-state index in [2.05, 4.69) is 28.4 Å². The van der Waals surface area contributed by atoms with E-state index in [1.54, 1.807) is 4.90 Å². The van der Waals surface area contributed by atoms with Crippen LogP contribution in [0.2, 0.25) is 0 Å². The molecule has 2 aromatic carbocycles. The molecule has 2 saturated heterocycles. The SMILES string of the molecule is O=C1NCCN2CCN(C(=O)c3ccc(-c4ccc5c(c4)OCC5)cc3)CC12. The molecule has 0 bridgehead atoms. The fraction of sp³-hybridized carbons (Fsp3) is 0.364. The molecule has 2 aromatic rings. The van der Waals surface area contributed by atoms with Crippen molar-refractivity contribution in [1.29, 1.82) is 0 Å². The van der Waals surface area contributed by atoms with Crippen molar-refractivity contribution in [3.8, 4) is 16.9 Å². The van der Waals surface area contributed by atoms with Crippen LogP contribution in [0, 0.1) is 0 Å². The van der Waals surface area contributed by atoms with E-state index in [-0.39, 0.29) is 17.9 Å². The second-order valence-electron chi connectivity index (χ2n) is 7.59. The van der Waals surface area contributed by atoms with Crippen LogP contribution in [0.5, 0.6) is 5.75 Å². The van der Waals surface area contributed by atoms with Crippen LogP contribution in [-0.2, 0) is 11.2 Å². The standard InChI is InChI=1S/C22H23N3O3/c26-21-19-14-25(11-10-24(19)9-8-23-21)22(27)17-4-1-15(2-5-17)18-6-3-16-7-12-28-20(16)13-18/h1-6,13,19H,7-12,14H2,(H,23,26). The Bertz CT molecular complexity index is 925. The summed E-state index contributed by atoms with van der Waals surface area (Å²) in [6, 6.07) is 13.8. The van der Waals surface area contributed by atoms with Gasteiger partial charge in [-0.1, -0.05) is 24.3 Å². The number of hydrogen-bond donors (Lipinski definition) is 1. The predicted octanol–water partition coefficient (Wildman–Crippen LogP) is 1.54. The molecule has 3 aliphatic heterocycles. The van der Waals surface area contributed by atoms with Crippen molar-refractivity contribution in [1.82, 2.24) is 15.1 Å². The first-order valence-electron chi connectivity index (χ1n) is 9.86. The molecule has 2 amide bonds. The van der Waals surface area contributed by atoms with E-state index in [0.29, 0.717) is 25.2 Å². The Morgan fingerprint density at radius 1 is 1.04 bits per heavy atom. The number of nitrogens with zero attached hydrogens (tertiary/aromatic N) is 2. The number of carbonyl (C=O) groups excluding carboxylic acids is 2. The molecule has 3 heterocycles. The summed E-state index contributed by atoms with van der Waals surface area (Å²) in [6.45, 7) is 4.16. The molecule has 28 heavy (non-hydrogen) atoms. The highest BCUT2D eigenvalue weighted by atomic mass is 16.5. The zero-order valence-corrected chi connectivity index (χ0v) is 15.7. The molecular weight excluding hydrogens is 354 g/mol. The molecular formula is C22H23N3O3. The minimum absolute atomic E-state index is 0.0122. The Hall–Kier alpha value is -2.86. The molecule has 1 N–H and O–H groups in total. The van der Waals surface area contributed by atoms with Crippen molar-refractivity contribution in [2.24, 2.45) is 0 Å². The van der Waals surface area contributed by atoms with Crippen LogP contribution in [0.15, 0.2) is 42.5 Å². The maximum absolute atomic E-state index is 12.9. The highest BCUT2D eigenvalue weighted by Crippen LogP contribution is 2.31. The monoisotopic (exact) mass is 377 g/mol. The van der Waals surface area contributed by atoms with E-state index in [1.807, 2.05) is 24.3 Å². The van der Waals surface area contributed by atoms with Gasteiger partial charge in [0.1, 0.15) is 11.8 Å². The van der Waals surface area contributed by atoms with E-state index in [1.165, 1.54) is 5.56 Å². The number of benzene rings is 2. The van der Waals surface area contributed by atoms with Gasteiger partial charge in [0.15, 0.2) is 0 Å². The average Bonchev–Trinajstić information content (AvgIpc) is 3.21. The third kappa shape index (κ3) is 3.03. The summed E-state index contributed by atoms with van der Waals surface area (Å²) in [6.07, 6.45) is 0.968. The molecule has 0 spiro atoms. The van der Waals surface area contributed by atoms with Crippen molar-refractivity contribution < 1.29 is 14.3 Å². The second kappa shape index (κ2) is 6.95. The maximum Gasteiger partial charge on any atom is 0.253 e. The molecule has 0 saturated carbocycles. The largest absolute Gasteiger partial charge is 0.493 e. The summed E-state index contributed by atoms with van der Waals surface area (Å²) in [5.41, 5.74) is 4.06. The zero-order valence-electron chi connectivity index (χ0n) is 15.7. The first kappa shape index (κ1) is 17.3. The Labute approximate surface area is 164 Å². The lowest BCUT2D eigenvalue weighted by atomic mass is 10.0. The number of nitrogens with one attached hydrogen (secondary N) is 1. The van der Waals surface area contributed by atoms with Gasteiger partial charge < -0.3 is 15.0 Å². The van der Waals surface area contributed by atoms with Crippen molar-refractivity contribution in [3.05, 3.63) is 53.6 Å². The highest BCUT2D eigenvalue weighted by molar-refractivity contribution is 5.95. The van der Waals surface area contributed by atoms with Crippen LogP contribution in [0.4, 0.5) is 0 Å². The Morgan fingerprint density at radius 2 is 1.86 bits per heavy atom. The summed E-state index contributed by atoms with van der Waals surface area (Å²) in [5.74, 6) is 0.973. The van der Waals surface area contributed by atoms with Crippen molar-refractivity contribution in [2.75, 3.05) is 39.3 Å². The van der Waals surface area contributed by atoms with Gasteiger partial charge in [0.05, 0.1) is 6.61 Å². The van der Waals surface area contributed by atoms with Crippen molar-refractivity contribution >= 4 is 11.8 Å². The first-order valence-corrected chi connectivity index (χ1v) is 9.86. The van der Waals surface area contributed by atoms with Gasteiger partial charge in [-0.3, -0.25) is 14.5 Å². The quantitative estimate of drug-likeness (QED) is 0.863. The van der Waals surface area contributed by atoms with Gasteiger partial charge in [-0.2, -0.15) is 0 Å². The van der Waals surface area contributed by atoms with Crippen LogP contribution in [0.3, 0.4) is 0 Å². The van der Waals surface area contributed by atoms with Crippen LogP contribution < -0.4 is 10.1 Å². The van der Waals surface area contributed by atoms with E-state index < -0.39 is 0 Å². The van der Waals surface area contributed by atoms with Gasteiger partial charge in [0, 0.05) is 44.7 Å². The first-order chi connectivity index (χ1) is 13.7. The van der Waals surface area contributed by atoms with Crippen molar-refractivity contribution in [3.63, 3.8) is 0 Å². The molecule has 0 aliphatic carbocycles. The lowest BCUT2D eigenvalue weighted by Gasteiger charge is -2.43. The number of rotatable bonds is 2. The highest BCUT2D eigenvalue weighted by Gasteiger charge is 2.36. The fourth-order valence-electron chi connectivity index (χ4n) is 4.30. The van der Waals surface area contributed by atoms with Gasteiger partial charge in [0.2, 0.25) is 5.91 Å². The number of carbonyl (C=O) groups is 2. The molecule has 1 unspecified atom stereocenters. The maximum atomic E-state index is 12.9. The van der Waals surface area contributed by atoms with Crippen LogP contribution >= 0.6 is 0 Å². The third-order valence-corrected chi connectivity index (χ3v) is 5.94. The van der Waals surface area contributed by atoms with E-state index >= 15 is 0 Å². The number of fused-ring (bicyclic) bond motifs is 2. The molecule has 2 fully saturated rings. The number of amides is 2. The van der Waals surface area contributed by atoms with Gasteiger partial charge in [-0.25, -0.2) is 0 Å². The van der Waals surface area contributed by atoms with Gasteiger partial charge in [0.25, 0.3) is 5.91 Å². The van der Waals surface area contributed by atoms with Gasteiger partial charge in [-0.15, -0.1) is 0 Å². The topological polar surface area (TPSA) is 61.9 Å². The van der Waals surface area contributed by atoms with Crippen LogP contribution in [0.1, 0.15) is 15.9 Å². The Morgan fingerprint density at radius 3 is 2.71 bits per heavy atom. The van der Waals surface area contributed by atoms with Gasteiger partial charge >= 0.3 is 0 Å². The average molecular weight is 377 g/mol. The normalized spacial score (nSPS) is 21.5. The number of piperazine rings is 2. The lowest BCUT2D eigenvalue weighted by molar-refractivity contribution is -0.131. The summed E-state index contributed by atoms with van der Waals surface area (Å²) >= 11 is 0. The molecule has 144 valence electrons. The Kier molecular flexibility index (Phi) is 4.28. The molecule has 0 radical (unpaired) electrons. The Balaban J connectivity index is 1.31. The fourth-order valence-corrected chi connectivity index (χ4v) is 4.30. The van der Waals surface area contributed by atoms with Crippen LogP contribution in [-0.4, -0.2) is 67.0 Å². The molecule has 5 rings (SSSR count). The summed E-state index contributed by atoms with van der Waals surface area (Å²) in [4.78, 5) is 29.0. The predicted molar refractivity (Wildman–Crippen MR) is 105 cm³/mol. The van der Waals surface area contributed by atoms with Crippen molar-refractivity contribution in [2.45, 2.75) is 12.5 Å². The molecule has 1 atom stereocenters. The van der Waals surface area contributed by atoms with E-state index in [9.17, 15) is 9.59 Å². The van der Waals surface area contributed by atoms with Crippen LogP contribution in [0.25, 0.3) is 11.1 Å². The van der Waals surface area contributed by atoms with E-state index in [4.69, 9.17) is 4.74 Å². The summed E-state index contributed by atoms with van der Waals surface area (Å²) < 4.78 is 5.66. The minimum Gasteiger partial charge on any atom is -0.493 e. The zero-order chi connectivity index (χ0) is 19.1.